The average molecular weight is 605 g/mol. The first-order chi connectivity index (χ1) is 21.1. The number of nitrogens with one attached hydrogen (secondary N) is 2. The molecule has 6 nitrogen and oxygen atoms in total. The van der Waals surface area contributed by atoms with E-state index in [-0.39, 0.29) is 11.8 Å². The zero-order valence-corrected chi connectivity index (χ0v) is 25.6. The van der Waals surface area contributed by atoms with E-state index in [0.29, 0.717) is 23.1 Å². The number of hydrogen-bond donors (Lipinski definition) is 2. The van der Waals surface area contributed by atoms with Crippen LogP contribution in [0.4, 0.5) is 10.3 Å². The molecule has 0 fully saturated rings. The van der Waals surface area contributed by atoms with Gasteiger partial charge in [-0.3, -0.25) is 9.59 Å². The largest absolute Gasteiger partial charge is 0.302 e. The van der Waals surface area contributed by atoms with Crippen molar-refractivity contribution in [3.63, 3.8) is 0 Å². The monoisotopic (exact) mass is 604 g/mol. The van der Waals surface area contributed by atoms with E-state index in [0.717, 1.165) is 78.2 Å². The number of fused-ring (bicyclic) bond motifs is 4. The molecule has 43 heavy (non-hydrogen) atoms. The van der Waals surface area contributed by atoms with Crippen LogP contribution in [0.5, 0.6) is 0 Å². The third-order valence-corrected chi connectivity index (χ3v) is 10.8. The number of unbranched alkanes of at least 4 members (excludes halogenated alkanes) is 4. The molecular weight excluding hydrogens is 573 g/mol. The minimum Gasteiger partial charge on any atom is -0.302 e. The van der Waals surface area contributed by atoms with Crippen LogP contribution in [0.2, 0.25) is 0 Å². The maximum absolute atomic E-state index is 12.6. The number of nitrogens with zero attached hydrogens (tertiary/aromatic N) is 2. The molecule has 4 aromatic carbocycles. The quantitative estimate of drug-likeness (QED) is 0.153. The van der Waals surface area contributed by atoms with E-state index in [2.05, 4.69) is 59.2 Å². The number of carbonyl (C=O) groups excluding carboxylic acids is 2. The lowest BCUT2D eigenvalue weighted by Crippen LogP contribution is -2.11. The smallest absolute Gasteiger partial charge is 0.226 e. The number of carbonyl (C=O) groups is 2. The molecular formula is C35H32N4O2S2. The Bertz CT molecular complexity index is 1930. The predicted molar refractivity (Wildman–Crippen MR) is 179 cm³/mol. The van der Waals surface area contributed by atoms with E-state index in [1.165, 1.54) is 43.8 Å². The third-order valence-electron chi connectivity index (χ3n) is 9.00. The van der Waals surface area contributed by atoms with E-state index in [1.54, 1.807) is 22.7 Å². The zero-order valence-electron chi connectivity index (χ0n) is 23.9. The van der Waals surface area contributed by atoms with Gasteiger partial charge in [0.15, 0.2) is 10.3 Å². The molecule has 2 N–H and O–H groups in total. The molecule has 0 saturated carbocycles. The first-order valence-corrected chi connectivity index (χ1v) is 17.0. The normalized spacial score (nSPS) is 13.6. The molecule has 0 aliphatic heterocycles. The van der Waals surface area contributed by atoms with Crippen LogP contribution in [-0.4, -0.2) is 21.8 Å². The summed E-state index contributed by atoms with van der Waals surface area (Å²) in [6, 6.07) is 17.5. The Labute approximate surface area is 257 Å². The Morgan fingerprint density at radius 3 is 1.53 bits per heavy atom. The highest BCUT2D eigenvalue weighted by Gasteiger charge is 2.20. The fraction of sp³-hybridized carbons (Fsp3) is 0.314. The number of aryl methyl sites for hydroxylation is 4. The van der Waals surface area contributed by atoms with Crippen LogP contribution in [0.25, 0.3) is 42.0 Å². The molecule has 0 atom stereocenters. The van der Waals surface area contributed by atoms with Crippen molar-refractivity contribution < 1.29 is 9.59 Å². The molecule has 0 saturated heterocycles. The van der Waals surface area contributed by atoms with E-state index >= 15 is 0 Å². The standard InChI is InChI=1S/C35H32N4O2S2/c40-28(36-34-38-32-24-10-6-8-20-14-16-22(30(20)24)18-26(32)42-34)12-4-2-1-3-5-13-29(41)37-35-39-33-25-11-7-9-21-15-17-23(31(21)25)19-27(33)43-35/h6-11,18-19H,1-5,12-17H2,(H,36,38,40)(H,37,39,41). The number of aromatic nitrogens is 2. The maximum atomic E-state index is 12.6. The molecule has 0 radical (unpaired) electrons. The summed E-state index contributed by atoms with van der Waals surface area (Å²) in [6.07, 6.45) is 9.97. The van der Waals surface area contributed by atoms with E-state index in [1.807, 2.05) is 0 Å². The highest BCUT2D eigenvalue weighted by molar-refractivity contribution is 7.22. The van der Waals surface area contributed by atoms with Crippen LogP contribution in [-0.2, 0) is 35.3 Å². The van der Waals surface area contributed by atoms with Crippen molar-refractivity contribution in [1.82, 2.24) is 9.97 Å². The third kappa shape index (κ3) is 4.96. The second-order valence-electron chi connectivity index (χ2n) is 11.8. The van der Waals surface area contributed by atoms with E-state index in [9.17, 15) is 9.59 Å². The van der Waals surface area contributed by atoms with Gasteiger partial charge in [0.2, 0.25) is 11.8 Å². The van der Waals surface area contributed by atoms with E-state index < -0.39 is 0 Å². The summed E-state index contributed by atoms with van der Waals surface area (Å²) < 4.78 is 2.29. The Kier molecular flexibility index (Phi) is 6.83. The SMILES string of the molecule is O=C(CCCCCCCC(=O)Nc1nc2c(cc3c4c(cccc42)CC3)s1)Nc1nc2c(cc3c4c(cccc42)CC3)s1. The van der Waals surface area contributed by atoms with Crippen molar-refractivity contribution in [2.75, 3.05) is 10.6 Å². The lowest BCUT2D eigenvalue weighted by atomic mass is 10.0. The van der Waals surface area contributed by atoms with Gasteiger partial charge < -0.3 is 10.6 Å². The van der Waals surface area contributed by atoms with Gasteiger partial charge in [-0.1, -0.05) is 78.3 Å². The topological polar surface area (TPSA) is 84.0 Å². The summed E-state index contributed by atoms with van der Waals surface area (Å²) in [5, 5.41) is 12.5. The average Bonchev–Trinajstić information content (AvgIpc) is 3.79. The van der Waals surface area contributed by atoms with Gasteiger partial charge >= 0.3 is 0 Å². The maximum Gasteiger partial charge on any atom is 0.226 e. The molecule has 216 valence electrons. The van der Waals surface area contributed by atoms with Crippen LogP contribution < -0.4 is 10.6 Å². The van der Waals surface area contributed by atoms with E-state index in [4.69, 9.17) is 9.97 Å². The summed E-state index contributed by atoms with van der Waals surface area (Å²) in [4.78, 5) is 34.8. The van der Waals surface area contributed by atoms with Gasteiger partial charge in [0.05, 0.1) is 20.4 Å². The molecule has 0 spiro atoms. The molecule has 2 heterocycles. The van der Waals surface area contributed by atoms with Crippen molar-refractivity contribution in [3.05, 3.63) is 70.8 Å². The van der Waals surface area contributed by atoms with Crippen LogP contribution in [0.1, 0.15) is 67.2 Å². The molecule has 2 aromatic heterocycles. The molecule has 2 amide bonds. The van der Waals surface area contributed by atoms with Crippen molar-refractivity contribution >= 4 is 86.7 Å². The highest BCUT2D eigenvalue weighted by Crippen LogP contribution is 2.40. The summed E-state index contributed by atoms with van der Waals surface area (Å²) in [5.41, 5.74) is 7.60. The second-order valence-corrected chi connectivity index (χ2v) is 13.9. The molecule has 8 rings (SSSR count). The number of rotatable bonds is 10. The highest BCUT2D eigenvalue weighted by atomic mass is 32.1. The Morgan fingerprint density at radius 2 is 1.05 bits per heavy atom. The number of amides is 2. The molecule has 8 heteroatoms. The fourth-order valence-electron chi connectivity index (χ4n) is 6.98. The number of benzene rings is 4. The zero-order chi connectivity index (χ0) is 28.9. The molecule has 0 unspecified atom stereocenters. The second kappa shape index (κ2) is 11.0. The van der Waals surface area contributed by atoms with Crippen molar-refractivity contribution in [3.8, 4) is 0 Å². The van der Waals surface area contributed by atoms with Gasteiger partial charge in [-0.2, -0.15) is 0 Å². The van der Waals surface area contributed by atoms with Crippen molar-refractivity contribution in [1.29, 1.82) is 0 Å². The van der Waals surface area contributed by atoms with Gasteiger partial charge in [0.1, 0.15) is 0 Å². The first-order valence-electron chi connectivity index (χ1n) is 15.4. The summed E-state index contributed by atoms with van der Waals surface area (Å²) >= 11 is 3.13. The lowest BCUT2D eigenvalue weighted by Gasteiger charge is -2.03. The Hall–Kier alpha value is -3.88. The van der Waals surface area contributed by atoms with Gasteiger partial charge in [0, 0.05) is 23.6 Å². The van der Waals surface area contributed by atoms with Crippen LogP contribution in [0, 0.1) is 0 Å². The molecule has 0 bridgehead atoms. The first kappa shape index (κ1) is 26.7. The van der Waals surface area contributed by atoms with Crippen molar-refractivity contribution in [2.45, 2.75) is 70.6 Å². The van der Waals surface area contributed by atoms with Crippen LogP contribution >= 0.6 is 22.7 Å². The van der Waals surface area contributed by atoms with Crippen LogP contribution in [0.3, 0.4) is 0 Å². The Morgan fingerprint density at radius 1 is 0.605 bits per heavy atom. The lowest BCUT2D eigenvalue weighted by molar-refractivity contribution is -0.117. The van der Waals surface area contributed by atoms with Crippen molar-refractivity contribution in [2.24, 2.45) is 0 Å². The summed E-state index contributed by atoms with van der Waals surface area (Å²) in [5.74, 6) is 0.0439. The predicted octanol–water partition coefficient (Wildman–Crippen LogP) is 8.72. The summed E-state index contributed by atoms with van der Waals surface area (Å²) in [7, 11) is 0. The van der Waals surface area contributed by atoms with Gasteiger partial charge in [-0.25, -0.2) is 9.97 Å². The molecule has 2 aliphatic carbocycles. The summed E-state index contributed by atoms with van der Waals surface area (Å²) in [6.45, 7) is 0. The van der Waals surface area contributed by atoms with Crippen LogP contribution in [0.15, 0.2) is 48.5 Å². The number of anilines is 2. The number of hydrogen-bond acceptors (Lipinski definition) is 6. The minimum absolute atomic E-state index is 0.0219. The van der Waals surface area contributed by atoms with Gasteiger partial charge in [-0.05, 0) is 83.7 Å². The van der Waals surface area contributed by atoms with Gasteiger partial charge in [-0.15, -0.1) is 0 Å². The Balaban J connectivity index is 0.780. The minimum atomic E-state index is 0.0219. The molecule has 2 aliphatic rings. The van der Waals surface area contributed by atoms with Gasteiger partial charge in [0.25, 0.3) is 0 Å². The number of thiazole rings is 2. The molecule has 6 aromatic rings. The fourth-order valence-corrected chi connectivity index (χ4v) is 8.91.